The molecule has 0 spiro atoms. The third-order valence-corrected chi connectivity index (χ3v) is 3.02. The lowest BCUT2D eigenvalue weighted by Gasteiger charge is -2.23. The Hall–Kier alpha value is -0.440. The lowest BCUT2D eigenvalue weighted by atomic mass is 10.1. The molecular weight excluding hydrogens is 255 g/mol. The Kier molecular flexibility index (Phi) is 7.41. The summed E-state index contributed by atoms with van der Waals surface area (Å²) in [4.78, 5) is 2.20. The molecule has 0 aliphatic heterocycles. The van der Waals surface area contributed by atoms with Gasteiger partial charge >= 0.3 is 0 Å². The van der Waals surface area contributed by atoms with Crippen LogP contribution >= 0.6 is 23.2 Å². The summed E-state index contributed by atoms with van der Waals surface area (Å²) in [5.74, 6) is 1.23. The number of nitrogens with two attached hydrogens (primary N) is 1. The van der Waals surface area contributed by atoms with Gasteiger partial charge in [-0.25, -0.2) is 0 Å². The lowest BCUT2D eigenvalue weighted by molar-refractivity contribution is 0.830. The molecule has 0 aliphatic carbocycles. The number of alkyl halides is 2. The highest BCUT2D eigenvalue weighted by atomic mass is 35.5. The first-order valence-corrected chi connectivity index (χ1v) is 7.04. The number of nitrogens with zero attached hydrogens (tertiary/aromatic N) is 1. The van der Waals surface area contributed by atoms with Gasteiger partial charge in [0.25, 0.3) is 0 Å². The zero-order valence-electron chi connectivity index (χ0n) is 10.0. The van der Waals surface area contributed by atoms with Crippen molar-refractivity contribution in [3.05, 3.63) is 29.8 Å². The van der Waals surface area contributed by atoms with Crippen LogP contribution in [0, 0.1) is 0 Å². The minimum absolute atomic E-state index is 0.617. The predicted molar refractivity (Wildman–Crippen MR) is 77.5 cm³/mol. The number of rotatable bonds is 8. The number of anilines is 1. The zero-order valence-corrected chi connectivity index (χ0v) is 11.6. The maximum atomic E-state index is 5.78. The van der Waals surface area contributed by atoms with Crippen molar-refractivity contribution in [2.45, 2.75) is 12.8 Å². The van der Waals surface area contributed by atoms with Gasteiger partial charge in [0.1, 0.15) is 0 Å². The van der Waals surface area contributed by atoms with Crippen LogP contribution in [0.1, 0.15) is 12.0 Å². The monoisotopic (exact) mass is 274 g/mol. The van der Waals surface area contributed by atoms with E-state index < -0.39 is 0 Å². The predicted octanol–water partition coefficient (Wildman–Crippen LogP) is 2.86. The van der Waals surface area contributed by atoms with E-state index in [1.165, 1.54) is 11.3 Å². The largest absolute Gasteiger partial charge is 0.369 e. The summed E-state index contributed by atoms with van der Waals surface area (Å²) in [6, 6.07) is 8.57. The van der Waals surface area contributed by atoms with Crippen molar-refractivity contribution in [2.75, 3.05) is 36.3 Å². The molecule has 0 atom stereocenters. The van der Waals surface area contributed by atoms with E-state index in [-0.39, 0.29) is 0 Å². The molecule has 1 aromatic rings. The average Bonchev–Trinajstić information content (AvgIpc) is 2.37. The van der Waals surface area contributed by atoms with Gasteiger partial charge in [-0.3, -0.25) is 0 Å². The lowest BCUT2D eigenvalue weighted by Crippen LogP contribution is -2.27. The average molecular weight is 275 g/mol. The molecule has 0 fully saturated rings. The standard InChI is InChI=1S/C13H20Cl2N2/c14-7-10-17(11-8-15)13-5-3-12(4-6-13)2-1-9-16/h3-6H,1-2,7-11,16H2. The van der Waals surface area contributed by atoms with E-state index in [0.29, 0.717) is 11.8 Å². The van der Waals surface area contributed by atoms with Gasteiger partial charge in [0.05, 0.1) is 0 Å². The van der Waals surface area contributed by atoms with E-state index in [4.69, 9.17) is 28.9 Å². The molecule has 1 aromatic carbocycles. The molecule has 0 radical (unpaired) electrons. The van der Waals surface area contributed by atoms with Crippen molar-refractivity contribution in [3.8, 4) is 0 Å². The number of hydrogen-bond donors (Lipinski definition) is 1. The molecule has 0 unspecified atom stereocenters. The molecule has 96 valence electrons. The molecule has 2 N–H and O–H groups in total. The summed E-state index contributed by atoms with van der Waals surface area (Å²) in [5, 5.41) is 0. The van der Waals surface area contributed by atoms with E-state index in [2.05, 4.69) is 29.2 Å². The second-order valence-electron chi connectivity index (χ2n) is 3.92. The van der Waals surface area contributed by atoms with Crippen molar-refractivity contribution < 1.29 is 0 Å². The van der Waals surface area contributed by atoms with Gasteiger partial charge in [-0.1, -0.05) is 12.1 Å². The fourth-order valence-corrected chi connectivity index (χ4v) is 2.16. The van der Waals surface area contributed by atoms with Crippen LogP contribution in [0.15, 0.2) is 24.3 Å². The van der Waals surface area contributed by atoms with Gasteiger partial charge in [-0.15, -0.1) is 23.2 Å². The molecule has 0 heterocycles. The van der Waals surface area contributed by atoms with E-state index in [9.17, 15) is 0 Å². The number of halogens is 2. The molecule has 0 aromatic heterocycles. The van der Waals surface area contributed by atoms with Crippen LogP contribution in [0.4, 0.5) is 5.69 Å². The third-order valence-electron chi connectivity index (χ3n) is 2.68. The third kappa shape index (κ3) is 5.15. The Balaban J connectivity index is 2.63. The Bertz CT molecular complexity index is 295. The van der Waals surface area contributed by atoms with Crippen molar-refractivity contribution in [3.63, 3.8) is 0 Å². The number of hydrogen-bond acceptors (Lipinski definition) is 2. The van der Waals surface area contributed by atoms with Crippen LogP contribution in [-0.2, 0) is 6.42 Å². The van der Waals surface area contributed by atoms with Crippen molar-refractivity contribution in [2.24, 2.45) is 5.73 Å². The van der Waals surface area contributed by atoms with Gasteiger partial charge in [0.2, 0.25) is 0 Å². The topological polar surface area (TPSA) is 29.3 Å². The van der Waals surface area contributed by atoms with Crippen LogP contribution in [0.25, 0.3) is 0 Å². The minimum atomic E-state index is 0.617. The second kappa shape index (κ2) is 8.62. The molecule has 0 amide bonds. The zero-order chi connectivity index (χ0) is 12.5. The molecular formula is C13H20Cl2N2. The Morgan fingerprint density at radius 2 is 1.59 bits per heavy atom. The summed E-state index contributed by atoms with van der Waals surface area (Å²) in [7, 11) is 0. The van der Waals surface area contributed by atoms with Gasteiger partial charge in [0, 0.05) is 30.5 Å². The van der Waals surface area contributed by atoms with E-state index >= 15 is 0 Å². The number of aryl methyl sites for hydroxylation is 1. The summed E-state index contributed by atoms with van der Waals surface area (Å²) in [6.07, 6.45) is 2.08. The van der Waals surface area contributed by atoms with Crippen molar-refractivity contribution in [1.82, 2.24) is 0 Å². The maximum absolute atomic E-state index is 5.78. The first-order valence-electron chi connectivity index (χ1n) is 5.97. The van der Waals surface area contributed by atoms with Crippen LogP contribution in [0.5, 0.6) is 0 Å². The van der Waals surface area contributed by atoms with E-state index in [0.717, 1.165) is 32.5 Å². The van der Waals surface area contributed by atoms with Gasteiger partial charge in [-0.05, 0) is 37.1 Å². The molecule has 1 rings (SSSR count). The smallest absolute Gasteiger partial charge is 0.0399 e. The summed E-state index contributed by atoms with van der Waals surface area (Å²) in [6.45, 7) is 2.40. The Morgan fingerprint density at radius 3 is 2.06 bits per heavy atom. The number of benzene rings is 1. The Labute approximate surface area is 114 Å². The molecule has 2 nitrogen and oxygen atoms in total. The fraction of sp³-hybridized carbons (Fsp3) is 0.538. The van der Waals surface area contributed by atoms with E-state index in [1.54, 1.807) is 0 Å². The normalized spacial score (nSPS) is 10.5. The summed E-state index contributed by atoms with van der Waals surface area (Å²) < 4.78 is 0. The highest BCUT2D eigenvalue weighted by Gasteiger charge is 2.04. The van der Waals surface area contributed by atoms with Gasteiger partial charge in [0.15, 0.2) is 0 Å². The van der Waals surface area contributed by atoms with Gasteiger partial charge in [-0.2, -0.15) is 0 Å². The highest BCUT2D eigenvalue weighted by molar-refractivity contribution is 6.18. The molecule has 0 saturated heterocycles. The summed E-state index contributed by atoms with van der Waals surface area (Å²) in [5.41, 5.74) is 8.01. The van der Waals surface area contributed by atoms with Crippen LogP contribution in [0.2, 0.25) is 0 Å². The summed E-state index contributed by atoms with van der Waals surface area (Å²) >= 11 is 11.6. The molecule has 17 heavy (non-hydrogen) atoms. The molecule has 0 bridgehead atoms. The van der Waals surface area contributed by atoms with Crippen LogP contribution < -0.4 is 10.6 Å². The van der Waals surface area contributed by atoms with Crippen LogP contribution in [0.3, 0.4) is 0 Å². The second-order valence-corrected chi connectivity index (χ2v) is 4.68. The highest BCUT2D eigenvalue weighted by Crippen LogP contribution is 2.16. The fourth-order valence-electron chi connectivity index (χ4n) is 1.75. The van der Waals surface area contributed by atoms with Gasteiger partial charge < -0.3 is 10.6 Å². The van der Waals surface area contributed by atoms with E-state index in [1.807, 2.05) is 0 Å². The molecule has 4 heteroatoms. The van der Waals surface area contributed by atoms with Crippen molar-refractivity contribution in [1.29, 1.82) is 0 Å². The minimum Gasteiger partial charge on any atom is -0.369 e. The molecule has 0 saturated carbocycles. The molecule has 0 aliphatic rings. The maximum Gasteiger partial charge on any atom is 0.0399 e. The first kappa shape index (κ1) is 14.6. The quantitative estimate of drug-likeness (QED) is 0.739. The van der Waals surface area contributed by atoms with Crippen molar-refractivity contribution >= 4 is 28.9 Å². The SMILES string of the molecule is NCCCc1ccc(N(CCCl)CCCl)cc1. The van der Waals surface area contributed by atoms with Crippen LogP contribution in [-0.4, -0.2) is 31.4 Å². The first-order chi connectivity index (χ1) is 8.31. The Morgan fingerprint density at radius 1 is 1.00 bits per heavy atom.